The molecule has 0 aromatic rings. The number of nitrogens with one attached hydrogen (secondary N) is 1. The molecule has 2 amide bonds. The van der Waals surface area contributed by atoms with Gasteiger partial charge >= 0.3 is 5.97 Å². The molecule has 2 bridgehead atoms. The molecular formula is C12H16N2O4. The molecule has 3 aliphatic rings. The van der Waals surface area contributed by atoms with Gasteiger partial charge in [0, 0.05) is 25.0 Å². The van der Waals surface area contributed by atoms with E-state index in [1.165, 1.54) is 0 Å². The lowest BCUT2D eigenvalue weighted by Gasteiger charge is -2.25. The van der Waals surface area contributed by atoms with Crippen molar-refractivity contribution in [2.24, 2.45) is 11.8 Å². The number of aliphatic carboxylic acids is 1. The van der Waals surface area contributed by atoms with Crippen LogP contribution in [-0.4, -0.2) is 46.4 Å². The summed E-state index contributed by atoms with van der Waals surface area (Å²) < 4.78 is 0. The monoisotopic (exact) mass is 252 g/mol. The maximum atomic E-state index is 12.4. The Morgan fingerprint density at radius 3 is 2.67 bits per heavy atom. The number of carboxylic acids is 1. The van der Waals surface area contributed by atoms with Crippen molar-refractivity contribution in [3.05, 3.63) is 0 Å². The molecule has 0 radical (unpaired) electrons. The summed E-state index contributed by atoms with van der Waals surface area (Å²) in [6, 6.07) is -0.0880. The normalized spacial score (nSPS) is 38.0. The average Bonchev–Trinajstić information content (AvgIpc) is 3.01. The van der Waals surface area contributed by atoms with Crippen molar-refractivity contribution in [1.82, 2.24) is 10.2 Å². The molecule has 3 fully saturated rings. The van der Waals surface area contributed by atoms with Gasteiger partial charge in [-0.3, -0.25) is 14.4 Å². The van der Waals surface area contributed by atoms with Crippen molar-refractivity contribution in [2.75, 3.05) is 6.54 Å². The third kappa shape index (κ3) is 1.59. The quantitative estimate of drug-likeness (QED) is 0.699. The molecule has 0 saturated carbocycles. The lowest BCUT2D eigenvalue weighted by molar-refractivity contribution is -0.143. The molecule has 4 atom stereocenters. The van der Waals surface area contributed by atoms with Gasteiger partial charge in [-0.2, -0.15) is 0 Å². The summed E-state index contributed by atoms with van der Waals surface area (Å²) in [5.41, 5.74) is 0. The van der Waals surface area contributed by atoms with Gasteiger partial charge in [-0.15, -0.1) is 0 Å². The number of hydrogen-bond donors (Lipinski definition) is 2. The van der Waals surface area contributed by atoms with Crippen molar-refractivity contribution in [2.45, 2.75) is 37.8 Å². The van der Waals surface area contributed by atoms with E-state index >= 15 is 0 Å². The van der Waals surface area contributed by atoms with E-state index in [0.29, 0.717) is 13.0 Å². The Labute approximate surface area is 104 Å². The third-order valence-corrected chi connectivity index (χ3v) is 4.44. The van der Waals surface area contributed by atoms with Crippen LogP contribution in [0.25, 0.3) is 0 Å². The van der Waals surface area contributed by atoms with Crippen LogP contribution < -0.4 is 5.32 Å². The van der Waals surface area contributed by atoms with Gasteiger partial charge in [-0.1, -0.05) is 0 Å². The van der Waals surface area contributed by atoms with Gasteiger partial charge in [0.25, 0.3) is 0 Å². The molecule has 3 aliphatic heterocycles. The van der Waals surface area contributed by atoms with E-state index < -0.39 is 11.9 Å². The molecule has 6 nitrogen and oxygen atoms in total. The predicted octanol–water partition coefficient (Wildman–Crippen LogP) is -0.413. The number of amides is 2. The minimum Gasteiger partial charge on any atom is -0.481 e. The van der Waals surface area contributed by atoms with Crippen LogP contribution in [0.3, 0.4) is 0 Å². The second-order valence-corrected chi connectivity index (χ2v) is 5.43. The Morgan fingerprint density at radius 2 is 2.11 bits per heavy atom. The number of carbonyl (C=O) groups is 3. The Balaban J connectivity index is 1.75. The number of rotatable bonds is 2. The van der Waals surface area contributed by atoms with Crippen LogP contribution in [0.5, 0.6) is 0 Å². The third-order valence-electron chi connectivity index (χ3n) is 4.44. The maximum Gasteiger partial charge on any atom is 0.308 e. The van der Waals surface area contributed by atoms with Crippen LogP contribution in [0.2, 0.25) is 0 Å². The van der Waals surface area contributed by atoms with Crippen LogP contribution in [-0.2, 0) is 14.4 Å². The summed E-state index contributed by atoms with van der Waals surface area (Å²) in [7, 11) is 0. The van der Waals surface area contributed by atoms with Gasteiger partial charge in [0.2, 0.25) is 11.8 Å². The highest BCUT2D eigenvalue weighted by molar-refractivity contribution is 5.90. The van der Waals surface area contributed by atoms with Gasteiger partial charge < -0.3 is 15.3 Å². The minimum atomic E-state index is -0.805. The molecule has 4 unspecified atom stereocenters. The highest BCUT2D eigenvalue weighted by atomic mass is 16.4. The number of carbonyl (C=O) groups excluding carboxylic acids is 2. The van der Waals surface area contributed by atoms with Crippen molar-refractivity contribution >= 4 is 17.8 Å². The van der Waals surface area contributed by atoms with Gasteiger partial charge in [-0.05, 0) is 19.3 Å². The summed E-state index contributed by atoms with van der Waals surface area (Å²) in [5.74, 6) is -1.65. The summed E-state index contributed by atoms with van der Waals surface area (Å²) in [4.78, 5) is 36.4. The van der Waals surface area contributed by atoms with Crippen LogP contribution in [0, 0.1) is 11.8 Å². The van der Waals surface area contributed by atoms with Gasteiger partial charge in [0.05, 0.1) is 11.8 Å². The van der Waals surface area contributed by atoms with E-state index in [-0.39, 0.29) is 36.2 Å². The predicted molar refractivity (Wildman–Crippen MR) is 60.5 cm³/mol. The molecule has 98 valence electrons. The molecule has 0 spiro atoms. The SMILES string of the molecule is O=C1CC(C(=O)N2C3CCC2C(C(=O)O)C3)CN1. The fourth-order valence-electron chi connectivity index (χ4n) is 3.59. The van der Waals surface area contributed by atoms with Gasteiger partial charge in [0.15, 0.2) is 0 Å². The highest BCUT2D eigenvalue weighted by Gasteiger charge is 2.52. The Hall–Kier alpha value is -1.59. The first-order valence-electron chi connectivity index (χ1n) is 6.39. The topological polar surface area (TPSA) is 86.7 Å². The van der Waals surface area contributed by atoms with Crippen molar-refractivity contribution in [3.63, 3.8) is 0 Å². The van der Waals surface area contributed by atoms with E-state index in [0.717, 1.165) is 12.8 Å². The van der Waals surface area contributed by atoms with Crippen molar-refractivity contribution in [3.8, 4) is 0 Å². The number of fused-ring (bicyclic) bond motifs is 2. The first-order chi connectivity index (χ1) is 8.58. The first-order valence-corrected chi connectivity index (χ1v) is 6.39. The molecule has 0 aromatic carbocycles. The Morgan fingerprint density at radius 1 is 1.33 bits per heavy atom. The van der Waals surface area contributed by atoms with Crippen LogP contribution in [0.15, 0.2) is 0 Å². The fourth-order valence-corrected chi connectivity index (χ4v) is 3.59. The van der Waals surface area contributed by atoms with Crippen LogP contribution in [0.4, 0.5) is 0 Å². The largest absolute Gasteiger partial charge is 0.481 e. The molecule has 3 heterocycles. The minimum absolute atomic E-state index is 0.0374. The number of carboxylic acid groups (broad SMARTS) is 1. The number of hydrogen-bond acceptors (Lipinski definition) is 3. The molecule has 3 saturated heterocycles. The molecule has 3 rings (SSSR count). The second-order valence-electron chi connectivity index (χ2n) is 5.43. The average molecular weight is 252 g/mol. The van der Waals surface area contributed by atoms with Gasteiger partial charge in [-0.25, -0.2) is 0 Å². The summed E-state index contributed by atoms with van der Waals surface area (Å²) >= 11 is 0. The lowest BCUT2D eigenvalue weighted by Crippen LogP contribution is -2.42. The lowest BCUT2D eigenvalue weighted by atomic mass is 9.89. The van der Waals surface area contributed by atoms with E-state index in [9.17, 15) is 14.4 Å². The molecule has 18 heavy (non-hydrogen) atoms. The van der Waals surface area contributed by atoms with Crippen molar-refractivity contribution < 1.29 is 19.5 Å². The van der Waals surface area contributed by atoms with Gasteiger partial charge in [0.1, 0.15) is 0 Å². The molecule has 6 heteroatoms. The summed E-state index contributed by atoms with van der Waals surface area (Å²) in [6.07, 6.45) is 2.49. The van der Waals surface area contributed by atoms with Crippen molar-refractivity contribution in [1.29, 1.82) is 0 Å². The molecule has 0 aromatic heterocycles. The zero-order chi connectivity index (χ0) is 12.9. The summed E-state index contributed by atoms with van der Waals surface area (Å²) in [5, 5.41) is 11.8. The molecular weight excluding hydrogens is 236 g/mol. The zero-order valence-electron chi connectivity index (χ0n) is 9.96. The Bertz CT molecular complexity index is 422. The zero-order valence-corrected chi connectivity index (χ0v) is 9.96. The van der Waals surface area contributed by atoms with E-state index in [4.69, 9.17) is 5.11 Å². The van der Waals surface area contributed by atoms with E-state index in [1.54, 1.807) is 4.90 Å². The van der Waals surface area contributed by atoms with Crippen LogP contribution in [0.1, 0.15) is 25.7 Å². The van der Waals surface area contributed by atoms with E-state index in [1.807, 2.05) is 0 Å². The second kappa shape index (κ2) is 3.96. The molecule has 0 aliphatic carbocycles. The van der Waals surface area contributed by atoms with Crippen LogP contribution >= 0.6 is 0 Å². The fraction of sp³-hybridized carbons (Fsp3) is 0.750. The number of nitrogens with zero attached hydrogens (tertiary/aromatic N) is 1. The first kappa shape index (κ1) is 11.5. The van der Waals surface area contributed by atoms with E-state index in [2.05, 4.69) is 5.32 Å². The maximum absolute atomic E-state index is 12.4. The summed E-state index contributed by atoms with van der Waals surface area (Å²) in [6.45, 7) is 0.394. The standard InChI is InChI=1S/C12H16N2O4/c15-10-3-6(5-13-10)11(16)14-7-1-2-9(14)8(4-7)12(17)18/h6-9H,1-5H2,(H,13,15)(H,17,18). The highest BCUT2D eigenvalue weighted by Crippen LogP contribution is 2.42. The molecule has 2 N–H and O–H groups in total. The Kier molecular flexibility index (Phi) is 2.53. The smallest absolute Gasteiger partial charge is 0.308 e.